The van der Waals surface area contributed by atoms with Gasteiger partial charge in [-0.25, -0.2) is 4.98 Å². The molecule has 0 aliphatic carbocycles. The van der Waals surface area contributed by atoms with Gasteiger partial charge in [0.1, 0.15) is 0 Å². The molecule has 0 unspecified atom stereocenters. The van der Waals surface area contributed by atoms with Crippen molar-refractivity contribution >= 4 is 43.3 Å². The van der Waals surface area contributed by atoms with Gasteiger partial charge >= 0.3 is 0 Å². The molecule has 0 spiro atoms. The Labute approximate surface area is 151 Å². The molecule has 0 bridgehead atoms. The van der Waals surface area contributed by atoms with Crippen molar-refractivity contribution in [3.05, 3.63) is 66.1 Å². The zero-order valence-electron chi connectivity index (χ0n) is 12.8. The van der Waals surface area contributed by atoms with E-state index in [4.69, 9.17) is 16.0 Å². The Bertz CT molecular complexity index is 1210. The van der Waals surface area contributed by atoms with Crippen LogP contribution in [-0.2, 0) is 0 Å². The fraction of sp³-hybridized carbons (Fsp3) is 0. The van der Waals surface area contributed by atoms with E-state index >= 15 is 0 Å². The van der Waals surface area contributed by atoms with Crippen LogP contribution in [0.2, 0.25) is 5.28 Å². The van der Waals surface area contributed by atoms with Gasteiger partial charge in [-0.3, -0.25) is 0 Å². The first-order valence-electron chi connectivity index (χ1n) is 7.66. The monoisotopic (exact) mass is 363 g/mol. The fourth-order valence-corrected chi connectivity index (χ4v) is 4.14. The van der Waals surface area contributed by atoms with Crippen molar-refractivity contribution in [2.24, 2.45) is 0 Å². The first kappa shape index (κ1) is 14.6. The van der Waals surface area contributed by atoms with E-state index in [0.29, 0.717) is 11.6 Å². The van der Waals surface area contributed by atoms with E-state index in [9.17, 15) is 0 Å². The largest absolute Gasteiger partial charge is 0.454 e. The molecule has 0 saturated carbocycles. The topological polar surface area (TPSA) is 51.8 Å². The molecule has 6 heteroatoms. The number of rotatable bonds is 2. The summed E-state index contributed by atoms with van der Waals surface area (Å²) in [4.78, 5) is 14.2. The van der Waals surface area contributed by atoms with Gasteiger partial charge in [0.25, 0.3) is 0 Å². The lowest BCUT2D eigenvalue weighted by atomic mass is 10.1. The SMILES string of the molecule is Clc1nc(-c2ccccc2)nc(-c2cccc3sc4occc4c23)n1. The van der Waals surface area contributed by atoms with Crippen LogP contribution in [-0.4, -0.2) is 15.0 Å². The molecule has 0 atom stereocenters. The predicted molar refractivity (Wildman–Crippen MR) is 101 cm³/mol. The summed E-state index contributed by atoms with van der Waals surface area (Å²) in [5, 5.41) is 2.32. The molecule has 0 aliphatic rings. The van der Waals surface area contributed by atoms with Crippen molar-refractivity contribution in [3.8, 4) is 22.8 Å². The molecular formula is C19H10ClN3OS. The van der Waals surface area contributed by atoms with Gasteiger partial charge in [0.05, 0.1) is 6.26 Å². The summed E-state index contributed by atoms with van der Waals surface area (Å²) in [7, 11) is 0. The minimum absolute atomic E-state index is 0.180. The average molecular weight is 364 g/mol. The van der Waals surface area contributed by atoms with E-state index in [1.54, 1.807) is 17.6 Å². The number of aromatic nitrogens is 3. The van der Waals surface area contributed by atoms with Gasteiger partial charge in [-0.1, -0.05) is 53.8 Å². The van der Waals surface area contributed by atoms with Gasteiger partial charge in [0, 0.05) is 26.6 Å². The second-order valence-corrected chi connectivity index (χ2v) is 6.87. The van der Waals surface area contributed by atoms with Crippen molar-refractivity contribution in [3.63, 3.8) is 0 Å². The highest BCUT2D eigenvalue weighted by Gasteiger charge is 2.16. The number of hydrogen-bond donors (Lipinski definition) is 0. The molecule has 0 saturated heterocycles. The minimum Gasteiger partial charge on any atom is -0.454 e. The standard InChI is InChI=1S/C19H10ClN3OS/c20-19-22-16(11-5-2-1-3-6-11)21-17(23-19)12-7-4-8-14-15(12)13-9-10-24-18(13)25-14/h1-10H. The van der Waals surface area contributed by atoms with Gasteiger partial charge in [-0.2, -0.15) is 9.97 Å². The van der Waals surface area contributed by atoms with E-state index in [1.165, 1.54) is 0 Å². The third-order valence-corrected chi connectivity index (χ3v) is 5.24. The van der Waals surface area contributed by atoms with E-state index in [2.05, 4.69) is 21.0 Å². The van der Waals surface area contributed by atoms with Crippen LogP contribution in [0.5, 0.6) is 0 Å². The molecule has 3 aromatic heterocycles. The van der Waals surface area contributed by atoms with Crippen molar-refractivity contribution in [2.75, 3.05) is 0 Å². The first-order chi connectivity index (χ1) is 12.3. The molecule has 4 nitrogen and oxygen atoms in total. The van der Waals surface area contributed by atoms with Crippen LogP contribution < -0.4 is 0 Å². The Morgan fingerprint density at radius 1 is 0.840 bits per heavy atom. The second-order valence-electron chi connectivity index (χ2n) is 5.52. The maximum atomic E-state index is 6.19. The molecule has 0 N–H and O–H groups in total. The maximum Gasteiger partial charge on any atom is 0.226 e. The Hall–Kier alpha value is -2.76. The van der Waals surface area contributed by atoms with Gasteiger partial charge in [-0.15, -0.1) is 0 Å². The number of thiophene rings is 1. The number of furan rings is 1. The maximum absolute atomic E-state index is 6.19. The lowest BCUT2D eigenvalue weighted by molar-refractivity contribution is 0.624. The number of halogens is 1. The zero-order chi connectivity index (χ0) is 16.8. The van der Waals surface area contributed by atoms with Crippen LogP contribution in [0.4, 0.5) is 0 Å². The van der Waals surface area contributed by atoms with Crippen LogP contribution in [0.1, 0.15) is 0 Å². The van der Waals surface area contributed by atoms with Crippen molar-refractivity contribution in [1.29, 1.82) is 0 Å². The average Bonchev–Trinajstić information content (AvgIpc) is 3.22. The van der Waals surface area contributed by atoms with Crippen LogP contribution >= 0.6 is 22.9 Å². The van der Waals surface area contributed by atoms with E-state index < -0.39 is 0 Å². The Kier molecular flexibility index (Phi) is 3.29. The summed E-state index contributed by atoms with van der Waals surface area (Å²) in [5.74, 6) is 1.12. The molecule has 5 rings (SSSR count). The summed E-state index contributed by atoms with van der Waals surface area (Å²) in [6.45, 7) is 0. The molecule has 120 valence electrons. The lowest BCUT2D eigenvalue weighted by Gasteiger charge is -2.06. The van der Waals surface area contributed by atoms with Crippen molar-refractivity contribution < 1.29 is 4.42 Å². The molecule has 2 aromatic carbocycles. The molecule has 3 heterocycles. The summed E-state index contributed by atoms with van der Waals surface area (Å²) >= 11 is 7.81. The summed E-state index contributed by atoms with van der Waals surface area (Å²) < 4.78 is 6.68. The summed E-state index contributed by atoms with van der Waals surface area (Å²) in [6, 6.07) is 17.8. The first-order valence-corrected chi connectivity index (χ1v) is 8.85. The highest BCUT2D eigenvalue weighted by molar-refractivity contribution is 7.25. The molecule has 5 aromatic rings. The Morgan fingerprint density at radius 2 is 1.68 bits per heavy atom. The summed E-state index contributed by atoms with van der Waals surface area (Å²) in [6.07, 6.45) is 1.70. The molecular weight excluding hydrogens is 354 g/mol. The van der Waals surface area contributed by atoms with Gasteiger partial charge in [0.15, 0.2) is 16.5 Å². The van der Waals surface area contributed by atoms with Gasteiger partial charge in [0.2, 0.25) is 5.28 Å². The quantitative estimate of drug-likeness (QED) is 0.396. The third kappa shape index (κ3) is 2.40. The molecule has 25 heavy (non-hydrogen) atoms. The number of hydrogen-bond acceptors (Lipinski definition) is 5. The summed E-state index contributed by atoms with van der Waals surface area (Å²) in [5.41, 5.74) is 1.82. The zero-order valence-corrected chi connectivity index (χ0v) is 14.4. The second kappa shape index (κ2) is 5.65. The fourth-order valence-electron chi connectivity index (χ4n) is 2.93. The number of nitrogens with zero attached hydrogens (tertiary/aromatic N) is 3. The van der Waals surface area contributed by atoms with Gasteiger partial charge < -0.3 is 4.42 Å². The Morgan fingerprint density at radius 3 is 2.56 bits per heavy atom. The van der Waals surface area contributed by atoms with Crippen LogP contribution in [0.25, 0.3) is 43.1 Å². The highest BCUT2D eigenvalue weighted by atomic mass is 35.5. The minimum atomic E-state index is 0.180. The molecule has 0 amide bonds. The van der Waals surface area contributed by atoms with Crippen LogP contribution in [0.15, 0.2) is 65.3 Å². The number of fused-ring (bicyclic) bond motifs is 3. The van der Waals surface area contributed by atoms with Crippen molar-refractivity contribution in [1.82, 2.24) is 15.0 Å². The molecule has 0 aliphatic heterocycles. The third-order valence-electron chi connectivity index (χ3n) is 4.01. The predicted octanol–water partition coefficient (Wildman–Crippen LogP) is 5.82. The number of benzene rings is 2. The van der Waals surface area contributed by atoms with E-state index in [-0.39, 0.29) is 5.28 Å². The van der Waals surface area contributed by atoms with Crippen LogP contribution in [0.3, 0.4) is 0 Å². The highest BCUT2D eigenvalue weighted by Crippen LogP contribution is 2.39. The van der Waals surface area contributed by atoms with Gasteiger partial charge in [-0.05, 0) is 23.7 Å². The lowest BCUT2D eigenvalue weighted by Crippen LogP contribution is -1.97. The Balaban J connectivity index is 1.79. The molecule has 0 fully saturated rings. The smallest absolute Gasteiger partial charge is 0.226 e. The van der Waals surface area contributed by atoms with E-state index in [0.717, 1.165) is 31.5 Å². The van der Waals surface area contributed by atoms with E-state index in [1.807, 2.05) is 48.5 Å². The van der Waals surface area contributed by atoms with Crippen LogP contribution in [0, 0.1) is 0 Å². The van der Waals surface area contributed by atoms with Crippen molar-refractivity contribution in [2.45, 2.75) is 0 Å². The molecule has 0 radical (unpaired) electrons. The normalized spacial score (nSPS) is 11.4.